The fourth-order valence-corrected chi connectivity index (χ4v) is 1.99. The summed E-state index contributed by atoms with van der Waals surface area (Å²) in [5.41, 5.74) is 2.01. The van der Waals surface area contributed by atoms with E-state index in [4.69, 9.17) is 16.3 Å². The van der Waals surface area contributed by atoms with Crippen molar-refractivity contribution in [1.29, 1.82) is 0 Å². The van der Waals surface area contributed by atoms with Crippen LogP contribution < -0.4 is 0 Å². The Kier molecular flexibility index (Phi) is 3.35. The first-order valence-electron chi connectivity index (χ1n) is 6.05. The number of ether oxygens (including phenoxy) is 1. The molecule has 3 nitrogen and oxygen atoms in total. The summed E-state index contributed by atoms with van der Waals surface area (Å²) in [6, 6.07) is 12.6. The molecule has 1 aromatic carbocycles. The Morgan fingerprint density at radius 3 is 2.60 bits per heavy atom. The number of aromatic nitrogens is 1. The third-order valence-corrected chi connectivity index (χ3v) is 3.10. The van der Waals surface area contributed by atoms with Crippen molar-refractivity contribution in [3.8, 4) is 0 Å². The van der Waals surface area contributed by atoms with E-state index < -0.39 is 0 Å². The maximum atomic E-state index is 11.8. The van der Waals surface area contributed by atoms with Crippen LogP contribution >= 0.6 is 11.6 Å². The van der Waals surface area contributed by atoms with E-state index in [0.29, 0.717) is 22.0 Å². The van der Waals surface area contributed by atoms with Crippen LogP contribution in [0.3, 0.4) is 0 Å². The molecule has 98 valence electrons. The van der Waals surface area contributed by atoms with Gasteiger partial charge in [-0.15, -0.1) is 0 Å². The number of hydrogen-bond acceptors (Lipinski definition) is 3. The van der Waals surface area contributed by atoms with Gasteiger partial charge in [-0.25, -0.2) is 4.79 Å². The number of nitrogens with zero attached hydrogens (tertiary/aromatic N) is 1. The maximum absolute atomic E-state index is 11.8. The van der Waals surface area contributed by atoms with E-state index in [-0.39, 0.29) is 5.97 Å². The van der Waals surface area contributed by atoms with Crippen LogP contribution in [0.25, 0.3) is 11.8 Å². The number of benzene rings is 1. The quantitative estimate of drug-likeness (QED) is 0.623. The molecule has 0 atom stereocenters. The van der Waals surface area contributed by atoms with Crippen molar-refractivity contribution in [3.63, 3.8) is 0 Å². The van der Waals surface area contributed by atoms with Gasteiger partial charge < -0.3 is 4.74 Å². The zero-order valence-electron chi connectivity index (χ0n) is 10.4. The second kappa shape index (κ2) is 5.31. The standard InChI is InChI=1S/C16H10ClNO2/c17-13-6-4-11(5-7-13)15-10-12(16(19)20-15)9-14-3-1-2-8-18-14/h1-10H. The maximum Gasteiger partial charge on any atom is 0.343 e. The normalized spacial score (nSPS) is 16.1. The second-order valence-electron chi connectivity index (χ2n) is 4.26. The van der Waals surface area contributed by atoms with Crippen LogP contribution in [0, 0.1) is 0 Å². The van der Waals surface area contributed by atoms with E-state index in [2.05, 4.69) is 4.98 Å². The summed E-state index contributed by atoms with van der Waals surface area (Å²) in [5, 5.41) is 0.642. The minimum absolute atomic E-state index is 0.374. The molecule has 0 fully saturated rings. The summed E-state index contributed by atoms with van der Waals surface area (Å²) < 4.78 is 5.26. The fraction of sp³-hybridized carbons (Fsp3) is 0. The average Bonchev–Trinajstić information content (AvgIpc) is 2.82. The fourth-order valence-electron chi connectivity index (χ4n) is 1.87. The summed E-state index contributed by atoms with van der Waals surface area (Å²) in [5.74, 6) is 0.148. The van der Waals surface area contributed by atoms with Crippen molar-refractivity contribution >= 4 is 29.4 Å². The largest absolute Gasteiger partial charge is 0.422 e. The third-order valence-electron chi connectivity index (χ3n) is 2.84. The Hall–Kier alpha value is -2.39. The van der Waals surface area contributed by atoms with Crippen molar-refractivity contribution in [2.45, 2.75) is 0 Å². The highest BCUT2D eigenvalue weighted by molar-refractivity contribution is 6.30. The third kappa shape index (κ3) is 2.63. The number of cyclic esters (lactones) is 1. The lowest BCUT2D eigenvalue weighted by atomic mass is 10.1. The highest BCUT2D eigenvalue weighted by Crippen LogP contribution is 2.27. The lowest BCUT2D eigenvalue weighted by Gasteiger charge is -2.01. The van der Waals surface area contributed by atoms with Gasteiger partial charge in [-0.2, -0.15) is 0 Å². The molecule has 4 heteroatoms. The van der Waals surface area contributed by atoms with Crippen LogP contribution in [0.4, 0.5) is 0 Å². The van der Waals surface area contributed by atoms with E-state index in [1.165, 1.54) is 0 Å². The molecular weight excluding hydrogens is 274 g/mol. The van der Waals surface area contributed by atoms with Crippen LogP contribution in [0.2, 0.25) is 5.02 Å². The molecule has 0 saturated carbocycles. The molecule has 0 bridgehead atoms. The Morgan fingerprint density at radius 2 is 1.90 bits per heavy atom. The topological polar surface area (TPSA) is 39.2 Å². The molecule has 20 heavy (non-hydrogen) atoms. The smallest absolute Gasteiger partial charge is 0.343 e. The number of rotatable bonds is 2. The molecular formula is C16H10ClNO2. The van der Waals surface area contributed by atoms with Crippen LogP contribution in [0.5, 0.6) is 0 Å². The SMILES string of the molecule is O=C1OC(c2ccc(Cl)cc2)=CC1=Cc1ccccn1. The number of esters is 1. The molecule has 2 aromatic rings. The van der Waals surface area contributed by atoms with Crippen molar-refractivity contribution in [3.05, 3.63) is 76.6 Å². The predicted octanol–water partition coefficient (Wildman–Crippen LogP) is 3.72. The number of pyridine rings is 1. The minimum Gasteiger partial charge on any atom is -0.422 e. The molecule has 1 aliphatic rings. The molecule has 0 saturated heterocycles. The van der Waals surface area contributed by atoms with Gasteiger partial charge in [0.1, 0.15) is 5.76 Å². The Balaban J connectivity index is 1.93. The predicted molar refractivity (Wildman–Crippen MR) is 77.7 cm³/mol. The average molecular weight is 284 g/mol. The van der Waals surface area contributed by atoms with Gasteiger partial charge in [0.25, 0.3) is 0 Å². The van der Waals surface area contributed by atoms with Gasteiger partial charge in [0.05, 0.1) is 11.3 Å². The van der Waals surface area contributed by atoms with Crippen LogP contribution in [0.1, 0.15) is 11.3 Å². The Bertz CT molecular complexity index is 703. The summed E-state index contributed by atoms with van der Waals surface area (Å²) >= 11 is 5.84. The van der Waals surface area contributed by atoms with Gasteiger partial charge in [-0.05, 0) is 48.6 Å². The summed E-state index contributed by atoms with van der Waals surface area (Å²) in [6.07, 6.45) is 5.09. The first-order valence-corrected chi connectivity index (χ1v) is 6.43. The van der Waals surface area contributed by atoms with Gasteiger partial charge in [0.15, 0.2) is 0 Å². The summed E-state index contributed by atoms with van der Waals surface area (Å²) in [4.78, 5) is 16.0. The molecule has 0 radical (unpaired) electrons. The highest BCUT2D eigenvalue weighted by atomic mass is 35.5. The zero-order chi connectivity index (χ0) is 13.9. The molecule has 0 aliphatic carbocycles. The van der Waals surface area contributed by atoms with E-state index in [1.54, 1.807) is 30.5 Å². The van der Waals surface area contributed by atoms with Gasteiger partial charge in [0, 0.05) is 16.8 Å². The lowest BCUT2D eigenvalue weighted by Crippen LogP contribution is -1.97. The highest BCUT2D eigenvalue weighted by Gasteiger charge is 2.21. The van der Waals surface area contributed by atoms with Crippen LogP contribution in [-0.4, -0.2) is 11.0 Å². The van der Waals surface area contributed by atoms with E-state index in [9.17, 15) is 4.79 Å². The van der Waals surface area contributed by atoms with E-state index in [1.807, 2.05) is 30.3 Å². The van der Waals surface area contributed by atoms with Crippen LogP contribution in [-0.2, 0) is 9.53 Å². The van der Waals surface area contributed by atoms with E-state index in [0.717, 1.165) is 5.56 Å². The molecule has 0 unspecified atom stereocenters. The molecule has 0 N–H and O–H groups in total. The monoisotopic (exact) mass is 283 g/mol. The first kappa shape index (κ1) is 12.6. The summed E-state index contributed by atoms with van der Waals surface area (Å²) in [7, 11) is 0. The number of halogens is 1. The lowest BCUT2D eigenvalue weighted by molar-refractivity contribution is -0.130. The number of hydrogen-bond donors (Lipinski definition) is 0. The van der Waals surface area contributed by atoms with Crippen LogP contribution in [0.15, 0.2) is 60.3 Å². The van der Waals surface area contributed by atoms with Crippen molar-refractivity contribution in [2.24, 2.45) is 0 Å². The minimum atomic E-state index is -0.374. The molecule has 3 rings (SSSR count). The molecule has 2 heterocycles. The number of carbonyl (C=O) groups excluding carboxylic acids is 1. The van der Waals surface area contributed by atoms with Gasteiger partial charge in [-0.3, -0.25) is 4.98 Å². The number of carbonyl (C=O) groups is 1. The Labute approximate surface area is 121 Å². The Morgan fingerprint density at radius 1 is 1.10 bits per heavy atom. The molecule has 0 amide bonds. The second-order valence-corrected chi connectivity index (χ2v) is 4.70. The molecule has 1 aliphatic heterocycles. The van der Waals surface area contributed by atoms with Gasteiger partial charge in [-0.1, -0.05) is 17.7 Å². The van der Waals surface area contributed by atoms with E-state index >= 15 is 0 Å². The first-order chi connectivity index (χ1) is 9.72. The van der Waals surface area contributed by atoms with Gasteiger partial charge >= 0.3 is 5.97 Å². The molecule has 1 aromatic heterocycles. The zero-order valence-corrected chi connectivity index (χ0v) is 11.2. The molecule has 0 spiro atoms. The van der Waals surface area contributed by atoms with Gasteiger partial charge in [0.2, 0.25) is 0 Å². The van der Waals surface area contributed by atoms with Crippen molar-refractivity contribution in [2.75, 3.05) is 0 Å². The summed E-state index contributed by atoms with van der Waals surface area (Å²) in [6.45, 7) is 0. The van der Waals surface area contributed by atoms with Crippen molar-refractivity contribution in [1.82, 2.24) is 4.98 Å². The van der Waals surface area contributed by atoms with Crippen molar-refractivity contribution < 1.29 is 9.53 Å².